The van der Waals surface area contributed by atoms with E-state index in [1.807, 2.05) is 6.92 Å². The number of halogens is 3. The van der Waals surface area contributed by atoms with Crippen molar-refractivity contribution in [3.05, 3.63) is 65.0 Å². The molecule has 0 saturated heterocycles. The van der Waals surface area contributed by atoms with Gasteiger partial charge in [0.1, 0.15) is 0 Å². The molecule has 0 aliphatic heterocycles. The zero-order valence-electron chi connectivity index (χ0n) is 12.1. The van der Waals surface area contributed by atoms with E-state index >= 15 is 0 Å². The van der Waals surface area contributed by atoms with Crippen molar-refractivity contribution >= 4 is 5.91 Å². The lowest BCUT2D eigenvalue weighted by molar-refractivity contribution is -0.137. The lowest BCUT2D eigenvalue weighted by Gasteiger charge is -2.15. The third kappa shape index (κ3) is 3.84. The van der Waals surface area contributed by atoms with Crippen LogP contribution in [0.4, 0.5) is 13.2 Å². The van der Waals surface area contributed by atoms with Crippen molar-refractivity contribution in [3.8, 4) is 0 Å². The van der Waals surface area contributed by atoms with Crippen molar-refractivity contribution < 1.29 is 18.0 Å². The van der Waals surface area contributed by atoms with Gasteiger partial charge >= 0.3 is 6.18 Å². The van der Waals surface area contributed by atoms with Crippen LogP contribution in [0.25, 0.3) is 0 Å². The highest BCUT2D eigenvalue weighted by atomic mass is 19.4. The van der Waals surface area contributed by atoms with Crippen LogP contribution in [0.5, 0.6) is 0 Å². The molecule has 116 valence electrons. The molecule has 2 aromatic rings. The van der Waals surface area contributed by atoms with E-state index in [0.717, 1.165) is 17.8 Å². The summed E-state index contributed by atoms with van der Waals surface area (Å²) in [5, 5.41) is 2.73. The van der Waals surface area contributed by atoms with Crippen LogP contribution >= 0.6 is 0 Å². The lowest BCUT2D eigenvalue weighted by Crippen LogP contribution is -2.26. The first kappa shape index (κ1) is 16.0. The van der Waals surface area contributed by atoms with Gasteiger partial charge in [-0.1, -0.05) is 12.1 Å². The molecule has 0 saturated carbocycles. The molecule has 0 fully saturated rings. The predicted molar refractivity (Wildman–Crippen MR) is 76.3 cm³/mol. The summed E-state index contributed by atoms with van der Waals surface area (Å²) in [6.45, 7) is 3.52. The van der Waals surface area contributed by atoms with Gasteiger partial charge < -0.3 is 5.32 Å². The molecule has 3 nitrogen and oxygen atoms in total. The number of benzene rings is 1. The van der Waals surface area contributed by atoms with E-state index in [0.29, 0.717) is 11.1 Å². The van der Waals surface area contributed by atoms with E-state index in [1.54, 1.807) is 19.1 Å². The fourth-order valence-corrected chi connectivity index (χ4v) is 1.93. The van der Waals surface area contributed by atoms with Gasteiger partial charge in [-0.2, -0.15) is 13.2 Å². The van der Waals surface area contributed by atoms with Crippen LogP contribution in [0.15, 0.2) is 42.6 Å². The third-order valence-electron chi connectivity index (χ3n) is 3.26. The number of pyridine rings is 1. The number of carbonyl (C=O) groups excluding carboxylic acids is 1. The monoisotopic (exact) mass is 308 g/mol. The summed E-state index contributed by atoms with van der Waals surface area (Å²) < 4.78 is 37.5. The topological polar surface area (TPSA) is 42.0 Å². The van der Waals surface area contributed by atoms with Crippen LogP contribution in [0, 0.1) is 6.92 Å². The Bertz CT molecular complexity index is 649. The minimum atomic E-state index is -4.36. The summed E-state index contributed by atoms with van der Waals surface area (Å²) in [6, 6.07) is 7.70. The average molecular weight is 308 g/mol. The van der Waals surface area contributed by atoms with Crippen molar-refractivity contribution in [1.29, 1.82) is 0 Å². The Morgan fingerprint density at radius 1 is 1.14 bits per heavy atom. The number of nitrogens with one attached hydrogen (secondary N) is 1. The molecule has 0 bridgehead atoms. The molecule has 6 heteroatoms. The van der Waals surface area contributed by atoms with Crippen LogP contribution in [-0.2, 0) is 6.18 Å². The number of carbonyl (C=O) groups is 1. The van der Waals surface area contributed by atoms with Crippen LogP contribution in [0.1, 0.15) is 40.1 Å². The van der Waals surface area contributed by atoms with Crippen molar-refractivity contribution in [1.82, 2.24) is 10.3 Å². The first-order chi connectivity index (χ1) is 10.3. The lowest BCUT2D eigenvalue weighted by atomic mass is 10.1. The SMILES string of the molecule is Cc1ccc(C(=O)NC(C)c2ccc(C(F)(F)F)cc2)cn1. The van der Waals surface area contributed by atoms with Gasteiger partial charge in [0, 0.05) is 11.9 Å². The number of hydrogen-bond acceptors (Lipinski definition) is 2. The summed E-state index contributed by atoms with van der Waals surface area (Å²) in [5.41, 5.74) is 1.09. The Kier molecular flexibility index (Phi) is 4.49. The van der Waals surface area contributed by atoms with Gasteiger partial charge in [0.15, 0.2) is 0 Å². The van der Waals surface area contributed by atoms with E-state index in [2.05, 4.69) is 10.3 Å². The summed E-state index contributed by atoms with van der Waals surface area (Å²) in [5.74, 6) is -0.320. The zero-order valence-corrected chi connectivity index (χ0v) is 12.1. The number of amides is 1. The van der Waals surface area contributed by atoms with E-state index in [4.69, 9.17) is 0 Å². The summed E-state index contributed by atoms with van der Waals surface area (Å²) in [6.07, 6.45) is -2.90. The second-order valence-corrected chi connectivity index (χ2v) is 5.00. The Morgan fingerprint density at radius 2 is 1.77 bits per heavy atom. The first-order valence-corrected chi connectivity index (χ1v) is 6.68. The number of aryl methyl sites for hydroxylation is 1. The van der Waals surface area contributed by atoms with Gasteiger partial charge in [0.25, 0.3) is 5.91 Å². The smallest absolute Gasteiger partial charge is 0.345 e. The van der Waals surface area contributed by atoms with Crippen molar-refractivity contribution in [2.24, 2.45) is 0 Å². The third-order valence-corrected chi connectivity index (χ3v) is 3.26. The number of alkyl halides is 3. The van der Waals surface area contributed by atoms with Gasteiger partial charge in [-0.3, -0.25) is 9.78 Å². The van der Waals surface area contributed by atoms with Crippen molar-refractivity contribution in [2.75, 3.05) is 0 Å². The molecule has 2 rings (SSSR count). The fourth-order valence-electron chi connectivity index (χ4n) is 1.93. The zero-order chi connectivity index (χ0) is 16.3. The first-order valence-electron chi connectivity index (χ1n) is 6.68. The maximum Gasteiger partial charge on any atom is 0.416 e. The molecule has 1 aromatic carbocycles. The largest absolute Gasteiger partial charge is 0.416 e. The van der Waals surface area contributed by atoms with Gasteiger partial charge in [-0.15, -0.1) is 0 Å². The summed E-state index contributed by atoms with van der Waals surface area (Å²) in [4.78, 5) is 16.1. The molecule has 0 radical (unpaired) electrons. The quantitative estimate of drug-likeness (QED) is 0.934. The van der Waals surface area contributed by atoms with Crippen molar-refractivity contribution in [3.63, 3.8) is 0 Å². The number of hydrogen-bond donors (Lipinski definition) is 1. The number of aromatic nitrogens is 1. The molecular weight excluding hydrogens is 293 g/mol. The minimum absolute atomic E-state index is 0.320. The molecule has 0 spiro atoms. The Hall–Kier alpha value is -2.37. The Labute approximate surface area is 126 Å². The molecule has 1 unspecified atom stereocenters. The highest BCUT2D eigenvalue weighted by Gasteiger charge is 2.30. The normalized spacial score (nSPS) is 12.8. The molecule has 22 heavy (non-hydrogen) atoms. The van der Waals surface area contributed by atoms with Gasteiger partial charge in [-0.25, -0.2) is 0 Å². The molecule has 1 aromatic heterocycles. The second kappa shape index (κ2) is 6.17. The molecule has 1 amide bonds. The van der Waals surface area contributed by atoms with E-state index in [1.165, 1.54) is 18.3 Å². The Balaban J connectivity index is 2.07. The van der Waals surface area contributed by atoms with E-state index in [9.17, 15) is 18.0 Å². The number of nitrogens with zero attached hydrogens (tertiary/aromatic N) is 1. The maximum absolute atomic E-state index is 12.5. The van der Waals surface area contributed by atoms with Crippen LogP contribution in [0.2, 0.25) is 0 Å². The van der Waals surface area contributed by atoms with Gasteiger partial charge in [0.2, 0.25) is 0 Å². The highest BCUT2D eigenvalue weighted by molar-refractivity contribution is 5.94. The Morgan fingerprint density at radius 3 is 2.27 bits per heavy atom. The van der Waals surface area contributed by atoms with Crippen LogP contribution in [0.3, 0.4) is 0 Å². The minimum Gasteiger partial charge on any atom is -0.345 e. The molecule has 0 aliphatic carbocycles. The number of rotatable bonds is 3. The summed E-state index contributed by atoms with van der Waals surface area (Å²) >= 11 is 0. The second-order valence-electron chi connectivity index (χ2n) is 5.00. The van der Waals surface area contributed by atoms with Crippen molar-refractivity contribution in [2.45, 2.75) is 26.1 Å². The molecular formula is C16H15F3N2O. The van der Waals surface area contributed by atoms with Gasteiger partial charge in [-0.05, 0) is 43.7 Å². The molecule has 0 aliphatic rings. The molecule has 1 atom stereocenters. The molecule has 1 N–H and O–H groups in total. The highest BCUT2D eigenvalue weighted by Crippen LogP contribution is 2.29. The maximum atomic E-state index is 12.5. The standard InChI is InChI=1S/C16H15F3N2O/c1-10-3-4-13(9-20-10)15(22)21-11(2)12-5-7-14(8-6-12)16(17,18)19/h3-9,11H,1-2H3,(H,21,22). The van der Waals surface area contributed by atoms with Crippen LogP contribution in [-0.4, -0.2) is 10.9 Å². The fraction of sp³-hybridized carbons (Fsp3) is 0.250. The van der Waals surface area contributed by atoms with E-state index in [-0.39, 0.29) is 5.91 Å². The van der Waals surface area contributed by atoms with Gasteiger partial charge in [0.05, 0.1) is 17.2 Å². The average Bonchev–Trinajstić information content (AvgIpc) is 2.47. The van der Waals surface area contributed by atoms with E-state index < -0.39 is 17.8 Å². The van der Waals surface area contributed by atoms with Crippen LogP contribution < -0.4 is 5.32 Å². The predicted octanol–water partition coefficient (Wildman–Crippen LogP) is 3.90. The summed E-state index contributed by atoms with van der Waals surface area (Å²) in [7, 11) is 0. The molecule has 1 heterocycles.